The predicted molar refractivity (Wildman–Crippen MR) is 158 cm³/mol. The molecule has 0 spiro atoms. The lowest BCUT2D eigenvalue weighted by Crippen LogP contribution is -2.52. The fourth-order valence-electron chi connectivity index (χ4n) is 4.12. The van der Waals surface area contributed by atoms with E-state index in [0.29, 0.717) is 34.3 Å². The summed E-state index contributed by atoms with van der Waals surface area (Å²) in [5, 5.41) is 3.61. The van der Waals surface area contributed by atoms with Crippen molar-refractivity contribution in [1.29, 1.82) is 0 Å². The molecule has 11 heteroatoms. The van der Waals surface area contributed by atoms with E-state index >= 15 is 0 Å². The van der Waals surface area contributed by atoms with Gasteiger partial charge in [0.25, 0.3) is 10.0 Å². The Hall–Kier alpha value is -3.27. The molecule has 0 aliphatic rings. The lowest BCUT2D eigenvalue weighted by Gasteiger charge is -2.33. The summed E-state index contributed by atoms with van der Waals surface area (Å²) < 4.78 is 33.9. The Balaban J connectivity index is 2.06. The number of hydrogen-bond donors (Lipinski definition) is 1. The largest absolute Gasteiger partial charge is 0.497 e. The van der Waals surface area contributed by atoms with Gasteiger partial charge in [-0.25, -0.2) is 8.42 Å². The summed E-state index contributed by atoms with van der Waals surface area (Å²) in [6.45, 7) is 3.60. The minimum absolute atomic E-state index is 0.0191. The van der Waals surface area contributed by atoms with Crippen molar-refractivity contribution in [3.8, 4) is 5.75 Å². The lowest BCUT2D eigenvalue weighted by atomic mass is 10.1. The van der Waals surface area contributed by atoms with Crippen LogP contribution in [0.25, 0.3) is 0 Å². The Bertz CT molecular complexity index is 1400. The third kappa shape index (κ3) is 7.68. The van der Waals surface area contributed by atoms with Crippen LogP contribution in [0.1, 0.15) is 32.3 Å². The first-order valence-electron chi connectivity index (χ1n) is 12.8. The highest BCUT2D eigenvalue weighted by atomic mass is 35.5. The van der Waals surface area contributed by atoms with Crippen molar-refractivity contribution in [3.05, 3.63) is 88.4 Å². The second kappa shape index (κ2) is 14.4. The molecular formula is C29H33Cl2N3O5S. The van der Waals surface area contributed by atoms with Crippen molar-refractivity contribution in [2.75, 3.05) is 24.5 Å². The summed E-state index contributed by atoms with van der Waals surface area (Å²) in [5.74, 6) is -0.366. The molecule has 40 heavy (non-hydrogen) atoms. The van der Waals surface area contributed by atoms with Crippen LogP contribution in [0.3, 0.4) is 0 Å². The minimum atomic E-state index is -4.15. The van der Waals surface area contributed by atoms with Crippen LogP contribution in [0, 0.1) is 0 Å². The Kier molecular flexibility index (Phi) is 11.2. The molecule has 0 heterocycles. The average Bonchev–Trinajstić information content (AvgIpc) is 2.96. The maximum atomic E-state index is 14.0. The van der Waals surface area contributed by atoms with E-state index < -0.39 is 28.5 Å². The number of nitrogens with one attached hydrogen (secondary N) is 1. The Morgan fingerprint density at radius 2 is 1.65 bits per heavy atom. The Labute approximate surface area is 245 Å². The molecule has 0 saturated heterocycles. The molecule has 1 N–H and O–H groups in total. The van der Waals surface area contributed by atoms with E-state index in [1.54, 1.807) is 67.6 Å². The van der Waals surface area contributed by atoms with Crippen LogP contribution in [-0.4, -0.2) is 51.4 Å². The number of ether oxygens (including phenoxy) is 1. The molecule has 0 bridgehead atoms. The van der Waals surface area contributed by atoms with Crippen molar-refractivity contribution < 1.29 is 22.7 Å². The molecule has 3 rings (SSSR count). The number of halogens is 2. The molecule has 2 amide bonds. The fourth-order valence-corrected chi connectivity index (χ4v) is 6.02. The number of nitrogens with zero attached hydrogens (tertiary/aromatic N) is 2. The zero-order valence-electron chi connectivity index (χ0n) is 22.6. The summed E-state index contributed by atoms with van der Waals surface area (Å²) in [5.41, 5.74) is 0.842. The molecule has 0 saturated carbocycles. The monoisotopic (exact) mass is 605 g/mol. The van der Waals surface area contributed by atoms with Gasteiger partial charge in [-0.2, -0.15) is 0 Å². The van der Waals surface area contributed by atoms with Crippen molar-refractivity contribution in [2.24, 2.45) is 0 Å². The number of carbonyl (C=O) groups is 2. The maximum absolute atomic E-state index is 14.0. The van der Waals surface area contributed by atoms with E-state index in [1.807, 2.05) is 6.92 Å². The molecule has 3 aromatic carbocycles. The third-order valence-corrected chi connectivity index (χ3v) is 8.64. The zero-order chi connectivity index (χ0) is 29.3. The van der Waals surface area contributed by atoms with E-state index in [-0.39, 0.29) is 23.0 Å². The van der Waals surface area contributed by atoms with Gasteiger partial charge in [0, 0.05) is 23.1 Å². The second-order valence-electron chi connectivity index (χ2n) is 9.00. The van der Waals surface area contributed by atoms with Gasteiger partial charge >= 0.3 is 0 Å². The summed E-state index contributed by atoms with van der Waals surface area (Å²) in [7, 11) is -2.65. The van der Waals surface area contributed by atoms with Gasteiger partial charge < -0.3 is 15.0 Å². The lowest BCUT2D eigenvalue weighted by molar-refractivity contribution is -0.140. The number of rotatable bonds is 13. The summed E-state index contributed by atoms with van der Waals surface area (Å²) in [6, 6.07) is 18.3. The molecule has 0 fully saturated rings. The van der Waals surface area contributed by atoms with E-state index in [0.717, 1.165) is 10.7 Å². The standard InChI is InChI=1S/C29H33Cl2N3O5S/c1-4-17-32-29(36)27(5-2)33(19-21-11-12-22(30)18-26(21)31)28(35)20-34(23-13-15-24(39-3)16-14-23)40(37,38)25-9-7-6-8-10-25/h6-16,18,27H,4-5,17,19-20H2,1-3H3,(H,32,36). The fraction of sp³-hybridized carbons (Fsp3) is 0.310. The SMILES string of the molecule is CCCNC(=O)C(CC)N(Cc1ccc(Cl)cc1Cl)C(=O)CN(c1ccc(OC)cc1)S(=O)(=O)c1ccccc1. The second-order valence-corrected chi connectivity index (χ2v) is 11.7. The van der Waals surface area contributed by atoms with Gasteiger partial charge in [0.1, 0.15) is 18.3 Å². The number of anilines is 1. The van der Waals surface area contributed by atoms with Crippen molar-refractivity contribution >= 4 is 50.7 Å². The number of hydrogen-bond acceptors (Lipinski definition) is 5. The smallest absolute Gasteiger partial charge is 0.264 e. The van der Waals surface area contributed by atoms with Crippen LogP contribution >= 0.6 is 23.2 Å². The molecule has 214 valence electrons. The van der Waals surface area contributed by atoms with Gasteiger partial charge in [0.15, 0.2) is 0 Å². The number of benzene rings is 3. The molecule has 3 aromatic rings. The highest BCUT2D eigenvalue weighted by Gasteiger charge is 2.33. The van der Waals surface area contributed by atoms with Crippen molar-refractivity contribution in [3.63, 3.8) is 0 Å². The van der Waals surface area contributed by atoms with Gasteiger partial charge in [0.05, 0.1) is 17.7 Å². The molecule has 1 atom stereocenters. The molecule has 1 unspecified atom stereocenters. The first kappa shape index (κ1) is 31.3. The summed E-state index contributed by atoms with van der Waals surface area (Å²) >= 11 is 12.5. The first-order valence-corrected chi connectivity index (χ1v) is 15.0. The van der Waals surface area contributed by atoms with E-state index in [1.165, 1.54) is 24.1 Å². The predicted octanol–water partition coefficient (Wildman–Crippen LogP) is 5.53. The van der Waals surface area contributed by atoms with E-state index in [4.69, 9.17) is 27.9 Å². The quantitative estimate of drug-likeness (QED) is 0.276. The van der Waals surface area contributed by atoms with Gasteiger partial charge in [-0.05, 0) is 66.9 Å². The molecular weight excluding hydrogens is 573 g/mol. The van der Waals surface area contributed by atoms with Crippen LogP contribution in [-0.2, 0) is 26.2 Å². The maximum Gasteiger partial charge on any atom is 0.264 e. The van der Waals surface area contributed by atoms with Gasteiger partial charge in [-0.1, -0.05) is 61.3 Å². The number of sulfonamides is 1. The molecule has 0 aliphatic carbocycles. The number of amides is 2. The summed E-state index contributed by atoms with van der Waals surface area (Å²) in [4.78, 5) is 28.6. The molecule has 8 nitrogen and oxygen atoms in total. The van der Waals surface area contributed by atoms with Gasteiger partial charge in [-0.15, -0.1) is 0 Å². The van der Waals surface area contributed by atoms with Crippen LogP contribution < -0.4 is 14.4 Å². The Morgan fingerprint density at radius 3 is 2.23 bits per heavy atom. The van der Waals surface area contributed by atoms with E-state index in [9.17, 15) is 18.0 Å². The first-order chi connectivity index (χ1) is 19.1. The minimum Gasteiger partial charge on any atom is -0.497 e. The number of carbonyl (C=O) groups excluding carboxylic acids is 2. The van der Waals surface area contributed by atoms with Crippen LogP contribution in [0.2, 0.25) is 10.0 Å². The highest BCUT2D eigenvalue weighted by molar-refractivity contribution is 7.92. The van der Waals surface area contributed by atoms with Crippen LogP contribution in [0.4, 0.5) is 5.69 Å². The van der Waals surface area contributed by atoms with Gasteiger partial charge in [-0.3, -0.25) is 13.9 Å². The highest BCUT2D eigenvalue weighted by Crippen LogP contribution is 2.28. The van der Waals surface area contributed by atoms with Gasteiger partial charge in [0.2, 0.25) is 11.8 Å². The normalized spacial score (nSPS) is 11.9. The number of methoxy groups -OCH3 is 1. The molecule has 0 aromatic heterocycles. The van der Waals surface area contributed by atoms with Crippen molar-refractivity contribution in [2.45, 2.75) is 44.2 Å². The molecule has 0 radical (unpaired) electrons. The molecule has 0 aliphatic heterocycles. The van der Waals surface area contributed by atoms with Crippen LogP contribution in [0.15, 0.2) is 77.7 Å². The van der Waals surface area contributed by atoms with Crippen molar-refractivity contribution in [1.82, 2.24) is 10.2 Å². The Morgan fingerprint density at radius 1 is 0.975 bits per heavy atom. The summed E-state index contributed by atoms with van der Waals surface area (Å²) in [6.07, 6.45) is 1.03. The third-order valence-electron chi connectivity index (χ3n) is 6.26. The van der Waals surface area contributed by atoms with Crippen LogP contribution in [0.5, 0.6) is 5.75 Å². The average molecular weight is 607 g/mol. The zero-order valence-corrected chi connectivity index (χ0v) is 25.0. The van der Waals surface area contributed by atoms with E-state index in [2.05, 4.69) is 5.32 Å². The topological polar surface area (TPSA) is 96.0 Å².